The fourth-order valence-electron chi connectivity index (χ4n) is 2.42. The van der Waals surface area contributed by atoms with E-state index in [2.05, 4.69) is 6.92 Å². The van der Waals surface area contributed by atoms with Gasteiger partial charge in [-0.1, -0.05) is 25.4 Å². The summed E-state index contributed by atoms with van der Waals surface area (Å²) in [6, 6.07) is 3.74. The molecule has 1 N–H and O–H groups in total. The zero-order valence-electron chi connectivity index (χ0n) is 11.9. The third kappa shape index (κ3) is 3.22. The average Bonchev–Trinajstić information content (AvgIpc) is 2.41. The number of benzene rings is 1. The van der Waals surface area contributed by atoms with Gasteiger partial charge in [0.1, 0.15) is 4.90 Å². The number of rotatable bonds is 3. The molecule has 0 radical (unpaired) electrons. The summed E-state index contributed by atoms with van der Waals surface area (Å²) in [6.45, 7) is 4.98. The lowest BCUT2D eigenvalue weighted by Crippen LogP contribution is -2.42. The minimum absolute atomic E-state index is 0.0475. The first-order chi connectivity index (χ1) is 9.73. The molecule has 1 aliphatic heterocycles. The molecule has 0 aromatic heterocycles. The van der Waals surface area contributed by atoms with Gasteiger partial charge < -0.3 is 5.11 Å². The molecule has 2 atom stereocenters. The van der Waals surface area contributed by atoms with Crippen molar-refractivity contribution in [2.75, 3.05) is 13.1 Å². The molecule has 1 heterocycles. The van der Waals surface area contributed by atoms with Crippen molar-refractivity contribution < 1.29 is 18.3 Å². The zero-order valence-corrected chi connectivity index (χ0v) is 13.5. The molecule has 1 fully saturated rings. The van der Waals surface area contributed by atoms with Crippen LogP contribution in [0.3, 0.4) is 0 Å². The van der Waals surface area contributed by atoms with Crippen LogP contribution in [0.4, 0.5) is 0 Å². The van der Waals surface area contributed by atoms with Crippen molar-refractivity contribution in [2.45, 2.75) is 25.2 Å². The van der Waals surface area contributed by atoms with Crippen LogP contribution in [0.25, 0.3) is 0 Å². The number of carbonyl (C=O) groups is 1. The van der Waals surface area contributed by atoms with Gasteiger partial charge >= 0.3 is 5.97 Å². The molecule has 1 aromatic rings. The van der Waals surface area contributed by atoms with Crippen LogP contribution >= 0.6 is 11.6 Å². The molecular weight excluding hydrogens is 314 g/mol. The molecule has 2 rings (SSSR count). The van der Waals surface area contributed by atoms with Gasteiger partial charge in [0, 0.05) is 13.1 Å². The Labute approximate surface area is 129 Å². The molecule has 116 valence electrons. The van der Waals surface area contributed by atoms with E-state index in [1.165, 1.54) is 16.4 Å². The number of carboxylic acids is 1. The second kappa shape index (κ2) is 5.94. The van der Waals surface area contributed by atoms with Crippen LogP contribution in [0.1, 0.15) is 30.6 Å². The van der Waals surface area contributed by atoms with Gasteiger partial charge in [-0.05, 0) is 36.5 Å². The molecule has 0 aliphatic carbocycles. The Morgan fingerprint density at radius 3 is 2.57 bits per heavy atom. The van der Waals surface area contributed by atoms with E-state index in [4.69, 9.17) is 16.7 Å². The third-order valence-corrected chi connectivity index (χ3v) is 6.44. The molecule has 1 aliphatic rings. The molecule has 1 aromatic carbocycles. The molecule has 1 saturated heterocycles. The van der Waals surface area contributed by atoms with Gasteiger partial charge in [-0.2, -0.15) is 4.31 Å². The third-order valence-electron chi connectivity index (χ3n) is 4.09. The maximum Gasteiger partial charge on any atom is 0.335 e. The maximum absolute atomic E-state index is 12.7. The monoisotopic (exact) mass is 331 g/mol. The standard InChI is InChI=1S/C14H18ClNO4S/c1-9-5-6-16(8-10(9)2)21(19,20)13-7-11(14(17)18)3-4-12(13)15/h3-4,7,9-10H,5-6,8H2,1-2H3,(H,17,18). The van der Waals surface area contributed by atoms with E-state index >= 15 is 0 Å². The molecular formula is C14H18ClNO4S. The van der Waals surface area contributed by atoms with Crippen molar-refractivity contribution in [2.24, 2.45) is 11.8 Å². The maximum atomic E-state index is 12.7. The smallest absolute Gasteiger partial charge is 0.335 e. The summed E-state index contributed by atoms with van der Waals surface area (Å²) in [5.74, 6) is -0.448. The van der Waals surface area contributed by atoms with Crippen LogP contribution in [-0.2, 0) is 10.0 Å². The number of hydrogen-bond donors (Lipinski definition) is 1. The quantitative estimate of drug-likeness (QED) is 0.924. The van der Waals surface area contributed by atoms with E-state index in [-0.39, 0.29) is 21.4 Å². The van der Waals surface area contributed by atoms with Crippen LogP contribution in [0.2, 0.25) is 5.02 Å². The second-order valence-corrected chi connectivity index (χ2v) is 7.87. The van der Waals surface area contributed by atoms with Crippen molar-refractivity contribution in [3.05, 3.63) is 28.8 Å². The highest BCUT2D eigenvalue weighted by atomic mass is 35.5. The van der Waals surface area contributed by atoms with Crippen LogP contribution in [-0.4, -0.2) is 36.9 Å². The number of nitrogens with zero attached hydrogens (tertiary/aromatic N) is 1. The lowest BCUT2D eigenvalue weighted by Gasteiger charge is -2.34. The Morgan fingerprint density at radius 2 is 2.00 bits per heavy atom. The topological polar surface area (TPSA) is 74.7 Å². The Morgan fingerprint density at radius 1 is 1.33 bits per heavy atom. The second-order valence-electron chi connectivity index (χ2n) is 5.56. The molecule has 21 heavy (non-hydrogen) atoms. The normalized spacial score (nSPS) is 24.0. The minimum Gasteiger partial charge on any atom is -0.478 e. The Balaban J connectivity index is 2.40. The number of sulfonamides is 1. The lowest BCUT2D eigenvalue weighted by atomic mass is 9.90. The highest BCUT2D eigenvalue weighted by Gasteiger charge is 2.33. The highest BCUT2D eigenvalue weighted by molar-refractivity contribution is 7.89. The van der Waals surface area contributed by atoms with Crippen molar-refractivity contribution >= 4 is 27.6 Å². The van der Waals surface area contributed by atoms with E-state index in [1.54, 1.807) is 0 Å². The van der Waals surface area contributed by atoms with E-state index in [0.29, 0.717) is 19.0 Å². The number of halogens is 1. The molecule has 0 spiro atoms. The first-order valence-corrected chi connectivity index (χ1v) is 8.58. The molecule has 2 unspecified atom stereocenters. The Bertz CT molecular complexity index is 659. The SMILES string of the molecule is CC1CCN(S(=O)(=O)c2cc(C(=O)O)ccc2Cl)CC1C. The Hall–Kier alpha value is -1.11. The molecule has 0 bridgehead atoms. The van der Waals surface area contributed by atoms with Crippen molar-refractivity contribution in [3.63, 3.8) is 0 Å². The molecule has 0 amide bonds. The largest absolute Gasteiger partial charge is 0.478 e. The summed E-state index contributed by atoms with van der Waals surface area (Å²) in [5, 5.41) is 9.05. The van der Waals surface area contributed by atoms with E-state index in [0.717, 1.165) is 12.5 Å². The van der Waals surface area contributed by atoms with Gasteiger partial charge in [0.15, 0.2) is 0 Å². The number of aromatic carboxylic acids is 1. The Kier molecular flexibility index (Phi) is 4.60. The first kappa shape index (κ1) is 16.3. The summed E-state index contributed by atoms with van der Waals surface area (Å²) in [6.07, 6.45) is 0.788. The van der Waals surface area contributed by atoms with Gasteiger partial charge in [0.25, 0.3) is 0 Å². The predicted molar refractivity (Wildman–Crippen MR) is 80.1 cm³/mol. The van der Waals surface area contributed by atoms with Crippen LogP contribution in [0.15, 0.2) is 23.1 Å². The van der Waals surface area contributed by atoms with Gasteiger partial charge in [-0.3, -0.25) is 0 Å². The van der Waals surface area contributed by atoms with Crippen LogP contribution in [0, 0.1) is 11.8 Å². The van der Waals surface area contributed by atoms with E-state index < -0.39 is 16.0 Å². The van der Waals surface area contributed by atoms with Gasteiger partial charge in [-0.15, -0.1) is 0 Å². The van der Waals surface area contributed by atoms with Crippen LogP contribution < -0.4 is 0 Å². The zero-order chi connectivity index (χ0) is 15.8. The van der Waals surface area contributed by atoms with E-state index in [9.17, 15) is 13.2 Å². The van der Waals surface area contributed by atoms with Gasteiger partial charge in [0.05, 0.1) is 10.6 Å². The fraction of sp³-hybridized carbons (Fsp3) is 0.500. The summed E-state index contributed by atoms with van der Waals surface area (Å²) >= 11 is 5.97. The summed E-state index contributed by atoms with van der Waals surface area (Å²) < 4.78 is 26.8. The predicted octanol–water partition coefficient (Wildman–Crippen LogP) is 2.70. The molecule has 7 heteroatoms. The number of piperidine rings is 1. The number of carboxylic acid groups (broad SMARTS) is 1. The van der Waals surface area contributed by atoms with Crippen molar-refractivity contribution in [3.8, 4) is 0 Å². The first-order valence-electron chi connectivity index (χ1n) is 6.76. The average molecular weight is 332 g/mol. The summed E-state index contributed by atoms with van der Waals surface area (Å²) in [5.41, 5.74) is -0.0867. The summed E-state index contributed by atoms with van der Waals surface area (Å²) in [7, 11) is -3.77. The lowest BCUT2D eigenvalue weighted by molar-refractivity contribution is 0.0696. The fourth-order valence-corrected chi connectivity index (χ4v) is 4.47. The minimum atomic E-state index is -3.77. The van der Waals surface area contributed by atoms with Gasteiger partial charge in [-0.25, -0.2) is 13.2 Å². The number of hydrogen-bond acceptors (Lipinski definition) is 3. The van der Waals surface area contributed by atoms with Crippen molar-refractivity contribution in [1.82, 2.24) is 4.31 Å². The summed E-state index contributed by atoms with van der Waals surface area (Å²) in [4.78, 5) is 10.9. The van der Waals surface area contributed by atoms with E-state index in [1.807, 2.05) is 6.92 Å². The highest BCUT2D eigenvalue weighted by Crippen LogP contribution is 2.30. The van der Waals surface area contributed by atoms with Crippen LogP contribution in [0.5, 0.6) is 0 Å². The van der Waals surface area contributed by atoms with Gasteiger partial charge in [0.2, 0.25) is 10.0 Å². The molecule has 5 nitrogen and oxygen atoms in total. The van der Waals surface area contributed by atoms with Crippen molar-refractivity contribution in [1.29, 1.82) is 0 Å². The molecule has 0 saturated carbocycles.